The SMILES string of the molecule is CC(=O)c1cn(CCC(=O)N2CCc3[nH]c4ccccc4c3C2)c2ccccc12. The number of Topliss-reactive ketones (excluding diaryl/α,β-unsaturated/α-hetero) is 1. The van der Waals surface area contributed by atoms with E-state index in [2.05, 4.69) is 17.1 Å². The minimum absolute atomic E-state index is 0.0502. The van der Waals surface area contributed by atoms with Crippen LogP contribution in [0.1, 0.15) is 35.0 Å². The monoisotopic (exact) mass is 385 g/mol. The molecule has 0 aliphatic carbocycles. The molecule has 0 unspecified atom stereocenters. The van der Waals surface area contributed by atoms with Gasteiger partial charge < -0.3 is 14.5 Å². The fraction of sp³-hybridized carbons (Fsp3) is 0.250. The first kappa shape index (κ1) is 17.7. The van der Waals surface area contributed by atoms with Crippen LogP contribution < -0.4 is 0 Å². The Morgan fingerprint density at radius 2 is 1.79 bits per heavy atom. The Morgan fingerprint density at radius 1 is 1.03 bits per heavy atom. The van der Waals surface area contributed by atoms with Gasteiger partial charge in [-0.05, 0) is 19.1 Å². The Labute approximate surface area is 168 Å². The third kappa shape index (κ3) is 3.03. The van der Waals surface area contributed by atoms with Crippen molar-refractivity contribution in [1.82, 2.24) is 14.5 Å². The zero-order valence-electron chi connectivity index (χ0n) is 16.4. The number of aromatic amines is 1. The van der Waals surface area contributed by atoms with Crippen LogP contribution >= 0.6 is 0 Å². The Kier molecular flexibility index (Phi) is 4.23. The van der Waals surface area contributed by atoms with Gasteiger partial charge in [0.15, 0.2) is 5.78 Å². The number of para-hydroxylation sites is 2. The molecule has 2 aromatic heterocycles. The number of benzene rings is 2. The van der Waals surface area contributed by atoms with Gasteiger partial charge in [0.1, 0.15) is 0 Å². The first-order valence-electron chi connectivity index (χ1n) is 10.1. The Balaban J connectivity index is 1.34. The molecular formula is C24H23N3O2. The van der Waals surface area contributed by atoms with E-state index >= 15 is 0 Å². The maximum Gasteiger partial charge on any atom is 0.224 e. The molecule has 0 bridgehead atoms. The summed E-state index contributed by atoms with van der Waals surface area (Å²) in [4.78, 5) is 30.4. The summed E-state index contributed by atoms with van der Waals surface area (Å²) in [6.07, 6.45) is 3.17. The van der Waals surface area contributed by atoms with Crippen LogP contribution in [-0.2, 0) is 24.3 Å². The molecule has 0 saturated carbocycles. The maximum absolute atomic E-state index is 13.0. The number of aryl methyl sites for hydroxylation is 1. The molecule has 1 amide bonds. The van der Waals surface area contributed by atoms with Crippen LogP contribution in [0.5, 0.6) is 0 Å². The number of ketones is 1. The second-order valence-electron chi connectivity index (χ2n) is 7.75. The van der Waals surface area contributed by atoms with Gasteiger partial charge >= 0.3 is 0 Å². The van der Waals surface area contributed by atoms with Crippen molar-refractivity contribution in [1.29, 1.82) is 0 Å². The number of carbonyl (C=O) groups is 2. The van der Waals surface area contributed by atoms with Gasteiger partial charge in [-0.1, -0.05) is 36.4 Å². The zero-order valence-corrected chi connectivity index (χ0v) is 16.4. The van der Waals surface area contributed by atoms with Crippen molar-refractivity contribution in [3.05, 3.63) is 71.5 Å². The van der Waals surface area contributed by atoms with Crippen LogP contribution in [0, 0.1) is 0 Å². The molecule has 3 heterocycles. The third-order valence-corrected chi connectivity index (χ3v) is 5.97. The van der Waals surface area contributed by atoms with Crippen LogP contribution in [0.2, 0.25) is 0 Å². The Morgan fingerprint density at radius 3 is 2.62 bits per heavy atom. The van der Waals surface area contributed by atoms with Gasteiger partial charge in [-0.2, -0.15) is 0 Å². The molecule has 0 radical (unpaired) electrons. The van der Waals surface area contributed by atoms with Gasteiger partial charge in [-0.3, -0.25) is 9.59 Å². The van der Waals surface area contributed by atoms with Crippen molar-refractivity contribution >= 4 is 33.5 Å². The number of nitrogens with one attached hydrogen (secondary N) is 1. The number of hydrogen-bond donors (Lipinski definition) is 1. The number of H-pyrrole nitrogens is 1. The van der Waals surface area contributed by atoms with Gasteiger partial charge in [-0.25, -0.2) is 0 Å². The average Bonchev–Trinajstić information content (AvgIpc) is 3.30. The molecule has 1 N–H and O–H groups in total. The van der Waals surface area contributed by atoms with E-state index in [0.717, 1.165) is 34.9 Å². The summed E-state index contributed by atoms with van der Waals surface area (Å²) in [7, 11) is 0. The minimum atomic E-state index is 0.0502. The number of hydrogen-bond acceptors (Lipinski definition) is 2. The fourth-order valence-electron chi connectivity index (χ4n) is 4.47. The maximum atomic E-state index is 13.0. The lowest BCUT2D eigenvalue weighted by Crippen LogP contribution is -2.36. The van der Waals surface area contributed by atoms with Gasteiger partial charge in [-0.15, -0.1) is 0 Å². The van der Waals surface area contributed by atoms with E-state index in [0.29, 0.717) is 19.5 Å². The summed E-state index contributed by atoms with van der Waals surface area (Å²) in [5.41, 5.74) is 5.35. The lowest BCUT2D eigenvalue weighted by Gasteiger charge is -2.27. The molecule has 2 aromatic carbocycles. The summed E-state index contributed by atoms with van der Waals surface area (Å²) in [5, 5.41) is 2.16. The van der Waals surface area contributed by atoms with E-state index in [1.54, 1.807) is 6.92 Å². The predicted octanol–water partition coefficient (Wildman–Crippen LogP) is 4.30. The number of amides is 1. The number of fused-ring (bicyclic) bond motifs is 4. The highest BCUT2D eigenvalue weighted by atomic mass is 16.2. The highest BCUT2D eigenvalue weighted by Gasteiger charge is 2.24. The van der Waals surface area contributed by atoms with E-state index in [1.807, 2.05) is 52.1 Å². The second kappa shape index (κ2) is 6.92. The predicted molar refractivity (Wildman–Crippen MR) is 114 cm³/mol. The molecule has 5 rings (SSSR count). The van der Waals surface area contributed by atoms with Gasteiger partial charge in [0.25, 0.3) is 0 Å². The van der Waals surface area contributed by atoms with Crippen LogP contribution in [0.15, 0.2) is 54.7 Å². The molecule has 0 fully saturated rings. The van der Waals surface area contributed by atoms with E-state index in [4.69, 9.17) is 0 Å². The summed E-state index contributed by atoms with van der Waals surface area (Å²) in [6.45, 7) is 3.56. The van der Waals surface area contributed by atoms with Crippen molar-refractivity contribution in [2.75, 3.05) is 6.54 Å². The molecule has 0 atom stereocenters. The van der Waals surface area contributed by atoms with Crippen molar-refractivity contribution in [3.8, 4) is 0 Å². The number of rotatable bonds is 4. The van der Waals surface area contributed by atoms with Crippen LogP contribution in [-0.4, -0.2) is 32.7 Å². The number of aromatic nitrogens is 2. The standard InChI is InChI=1S/C24H23N3O2/c1-16(28)19-14-26(23-9-5-3-7-18(19)23)13-11-24(29)27-12-10-22-20(15-27)17-6-2-4-8-21(17)25-22/h2-9,14,25H,10-13,15H2,1H3. The average molecular weight is 385 g/mol. The Bertz CT molecular complexity index is 1250. The first-order chi connectivity index (χ1) is 14.1. The molecule has 0 spiro atoms. The smallest absolute Gasteiger partial charge is 0.224 e. The fourth-order valence-corrected chi connectivity index (χ4v) is 4.47. The Hall–Kier alpha value is -3.34. The third-order valence-electron chi connectivity index (χ3n) is 5.97. The van der Waals surface area contributed by atoms with E-state index in [1.165, 1.54) is 16.6 Å². The minimum Gasteiger partial charge on any atom is -0.358 e. The molecular weight excluding hydrogens is 362 g/mol. The summed E-state index contributed by atoms with van der Waals surface area (Å²) >= 11 is 0. The van der Waals surface area contributed by atoms with Crippen LogP contribution in [0.3, 0.4) is 0 Å². The van der Waals surface area contributed by atoms with E-state index in [-0.39, 0.29) is 11.7 Å². The lowest BCUT2D eigenvalue weighted by molar-refractivity contribution is -0.132. The van der Waals surface area contributed by atoms with Gasteiger partial charge in [0.05, 0.1) is 0 Å². The molecule has 1 aliphatic rings. The first-order valence-corrected chi connectivity index (χ1v) is 10.1. The molecule has 0 saturated heterocycles. The van der Waals surface area contributed by atoms with Gasteiger partial charge in [0, 0.05) is 77.3 Å². The highest BCUT2D eigenvalue weighted by molar-refractivity contribution is 6.07. The van der Waals surface area contributed by atoms with Crippen molar-refractivity contribution in [2.24, 2.45) is 0 Å². The summed E-state index contributed by atoms with van der Waals surface area (Å²) in [5.74, 6) is 0.206. The van der Waals surface area contributed by atoms with E-state index < -0.39 is 0 Å². The molecule has 29 heavy (non-hydrogen) atoms. The van der Waals surface area contributed by atoms with Crippen LogP contribution in [0.25, 0.3) is 21.8 Å². The molecule has 5 nitrogen and oxygen atoms in total. The van der Waals surface area contributed by atoms with E-state index in [9.17, 15) is 9.59 Å². The topological polar surface area (TPSA) is 58.1 Å². The lowest BCUT2D eigenvalue weighted by atomic mass is 10.0. The molecule has 1 aliphatic heterocycles. The van der Waals surface area contributed by atoms with Crippen molar-refractivity contribution < 1.29 is 9.59 Å². The highest BCUT2D eigenvalue weighted by Crippen LogP contribution is 2.28. The normalized spacial score (nSPS) is 13.8. The summed E-state index contributed by atoms with van der Waals surface area (Å²) < 4.78 is 2.03. The number of nitrogens with zero attached hydrogens (tertiary/aromatic N) is 2. The zero-order chi connectivity index (χ0) is 20.0. The van der Waals surface area contributed by atoms with Crippen molar-refractivity contribution in [2.45, 2.75) is 32.9 Å². The number of carbonyl (C=O) groups excluding carboxylic acids is 2. The summed E-state index contributed by atoms with van der Waals surface area (Å²) in [6, 6.07) is 16.2. The van der Waals surface area contributed by atoms with Gasteiger partial charge in [0.2, 0.25) is 5.91 Å². The largest absolute Gasteiger partial charge is 0.358 e. The molecule has 146 valence electrons. The molecule has 4 aromatic rings. The van der Waals surface area contributed by atoms with Crippen LogP contribution in [0.4, 0.5) is 0 Å². The second-order valence-corrected chi connectivity index (χ2v) is 7.75. The quantitative estimate of drug-likeness (QED) is 0.533. The molecule has 5 heteroatoms. The van der Waals surface area contributed by atoms with Crippen molar-refractivity contribution in [3.63, 3.8) is 0 Å².